The van der Waals surface area contributed by atoms with Crippen LogP contribution in [0, 0.1) is 0 Å². The number of aromatic nitrogens is 1. The number of rotatable bonds is 4. The summed E-state index contributed by atoms with van der Waals surface area (Å²) >= 11 is 6.00. The Labute approximate surface area is 101 Å². The molecule has 2 rings (SSSR count). The van der Waals surface area contributed by atoms with Gasteiger partial charge < -0.3 is 9.88 Å². The van der Waals surface area contributed by atoms with E-state index in [1.54, 1.807) is 0 Å². The van der Waals surface area contributed by atoms with Crippen molar-refractivity contribution in [2.45, 2.75) is 26.4 Å². The van der Waals surface area contributed by atoms with E-state index in [4.69, 9.17) is 11.6 Å². The largest absolute Gasteiger partial charge is 0.346 e. The monoisotopic (exact) mass is 236 g/mol. The molecule has 0 amide bonds. The number of fused-ring (bicyclic) bond motifs is 1. The first-order chi connectivity index (χ1) is 7.66. The average Bonchev–Trinajstić information content (AvgIpc) is 2.60. The normalized spacial score (nSPS) is 11.5. The fourth-order valence-electron chi connectivity index (χ4n) is 1.83. The minimum Gasteiger partial charge on any atom is -0.346 e. The minimum atomic E-state index is 0.533. The van der Waals surface area contributed by atoms with Gasteiger partial charge in [0.1, 0.15) is 0 Å². The number of nitrogens with zero attached hydrogens (tertiary/aromatic N) is 1. The molecule has 0 bridgehead atoms. The zero-order chi connectivity index (χ0) is 11.5. The molecule has 0 aliphatic heterocycles. The molecule has 0 radical (unpaired) electrons. The fraction of sp³-hybridized carbons (Fsp3) is 0.385. The Kier molecular flexibility index (Phi) is 3.52. The molecule has 0 aliphatic carbocycles. The smallest absolute Gasteiger partial charge is 0.0495 e. The van der Waals surface area contributed by atoms with Gasteiger partial charge in [0, 0.05) is 35.9 Å². The summed E-state index contributed by atoms with van der Waals surface area (Å²) in [5.74, 6) is 0. The second kappa shape index (κ2) is 4.89. The van der Waals surface area contributed by atoms with E-state index < -0.39 is 0 Å². The van der Waals surface area contributed by atoms with Crippen molar-refractivity contribution < 1.29 is 0 Å². The van der Waals surface area contributed by atoms with Gasteiger partial charge in [-0.25, -0.2) is 0 Å². The predicted octanol–water partition coefficient (Wildman–Crippen LogP) is 3.29. The van der Waals surface area contributed by atoms with Gasteiger partial charge in [-0.1, -0.05) is 31.5 Å². The summed E-state index contributed by atoms with van der Waals surface area (Å²) in [6.45, 7) is 6.27. The van der Waals surface area contributed by atoms with Gasteiger partial charge in [0.25, 0.3) is 0 Å². The molecule has 0 fully saturated rings. The fourth-order valence-corrected chi connectivity index (χ4v) is 1.99. The first kappa shape index (κ1) is 11.5. The van der Waals surface area contributed by atoms with Crippen molar-refractivity contribution in [1.82, 2.24) is 9.88 Å². The van der Waals surface area contributed by atoms with Crippen LogP contribution >= 0.6 is 11.6 Å². The molecule has 86 valence electrons. The topological polar surface area (TPSA) is 17.0 Å². The Morgan fingerprint density at radius 1 is 1.31 bits per heavy atom. The van der Waals surface area contributed by atoms with Crippen LogP contribution in [0.15, 0.2) is 30.5 Å². The third-order valence-electron chi connectivity index (χ3n) is 2.64. The lowest BCUT2D eigenvalue weighted by Crippen LogP contribution is -2.26. The lowest BCUT2D eigenvalue weighted by molar-refractivity contribution is 0.548. The molecule has 1 N–H and O–H groups in total. The highest BCUT2D eigenvalue weighted by Gasteiger charge is 2.01. The van der Waals surface area contributed by atoms with Gasteiger partial charge in [0.2, 0.25) is 0 Å². The zero-order valence-corrected chi connectivity index (χ0v) is 10.5. The maximum atomic E-state index is 6.00. The van der Waals surface area contributed by atoms with Gasteiger partial charge in [-0.15, -0.1) is 0 Å². The van der Waals surface area contributed by atoms with Gasteiger partial charge in [-0.3, -0.25) is 0 Å². The molecule has 0 spiro atoms. The van der Waals surface area contributed by atoms with E-state index in [0.29, 0.717) is 6.04 Å². The van der Waals surface area contributed by atoms with Gasteiger partial charge in [0.05, 0.1) is 0 Å². The van der Waals surface area contributed by atoms with E-state index in [0.717, 1.165) is 18.1 Å². The highest BCUT2D eigenvalue weighted by atomic mass is 35.5. The maximum absolute atomic E-state index is 6.00. The lowest BCUT2D eigenvalue weighted by Gasteiger charge is -2.09. The van der Waals surface area contributed by atoms with E-state index in [9.17, 15) is 0 Å². The number of nitrogens with one attached hydrogen (secondary N) is 1. The molecule has 0 saturated heterocycles. The predicted molar refractivity (Wildman–Crippen MR) is 70.1 cm³/mol. The van der Waals surface area contributed by atoms with Crippen LogP contribution in [0.25, 0.3) is 10.9 Å². The van der Waals surface area contributed by atoms with E-state index in [1.807, 2.05) is 12.1 Å². The number of benzene rings is 1. The molecule has 1 heterocycles. The molecule has 2 nitrogen and oxygen atoms in total. The zero-order valence-electron chi connectivity index (χ0n) is 9.70. The van der Waals surface area contributed by atoms with Crippen molar-refractivity contribution in [3.05, 3.63) is 35.5 Å². The maximum Gasteiger partial charge on any atom is 0.0495 e. The van der Waals surface area contributed by atoms with Crippen LogP contribution in [0.4, 0.5) is 0 Å². The van der Waals surface area contributed by atoms with Crippen molar-refractivity contribution in [1.29, 1.82) is 0 Å². The SMILES string of the molecule is CC(C)NCCn1ccc2ccc(Cl)cc21. The Balaban J connectivity index is 2.15. The molecular weight excluding hydrogens is 220 g/mol. The second-order valence-electron chi connectivity index (χ2n) is 4.32. The number of hydrogen-bond acceptors (Lipinski definition) is 1. The summed E-state index contributed by atoms with van der Waals surface area (Å²) in [5.41, 5.74) is 1.21. The van der Waals surface area contributed by atoms with Crippen LogP contribution in [0.1, 0.15) is 13.8 Å². The molecule has 0 unspecified atom stereocenters. The van der Waals surface area contributed by atoms with Crippen LogP contribution in [0.5, 0.6) is 0 Å². The Hall–Kier alpha value is -0.990. The van der Waals surface area contributed by atoms with E-state index in [-0.39, 0.29) is 0 Å². The summed E-state index contributed by atoms with van der Waals surface area (Å²) < 4.78 is 2.23. The first-order valence-electron chi connectivity index (χ1n) is 5.64. The van der Waals surface area contributed by atoms with Crippen molar-refractivity contribution in [3.63, 3.8) is 0 Å². The van der Waals surface area contributed by atoms with Gasteiger partial charge in [-0.05, 0) is 23.6 Å². The summed E-state index contributed by atoms with van der Waals surface area (Å²) in [6.07, 6.45) is 2.11. The summed E-state index contributed by atoms with van der Waals surface area (Å²) in [7, 11) is 0. The molecule has 1 aromatic heterocycles. The average molecular weight is 237 g/mol. The number of hydrogen-bond donors (Lipinski definition) is 1. The molecule has 0 atom stereocenters. The van der Waals surface area contributed by atoms with Crippen molar-refractivity contribution in [2.75, 3.05) is 6.54 Å². The third kappa shape index (κ3) is 2.57. The number of halogens is 1. The summed E-state index contributed by atoms with van der Waals surface area (Å²) in [6, 6.07) is 8.67. The van der Waals surface area contributed by atoms with Gasteiger partial charge in [-0.2, -0.15) is 0 Å². The van der Waals surface area contributed by atoms with E-state index >= 15 is 0 Å². The van der Waals surface area contributed by atoms with Crippen LogP contribution in [0.3, 0.4) is 0 Å². The molecule has 0 aliphatic rings. The van der Waals surface area contributed by atoms with Gasteiger partial charge >= 0.3 is 0 Å². The Morgan fingerprint density at radius 2 is 2.12 bits per heavy atom. The lowest BCUT2D eigenvalue weighted by atomic mass is 10.2. The Bertz CT molecular complexity index is 474. The van der Waals surface area contributed by atoms with Crippen molar-refractivity contribution in [3.8, 4) is 0 Å². The molecule has 1 aromatic carbocycles. The minimum absolute atomic E-state index is 0.533. The van der Waals surface area contributed by atoms with Crippen LogP contribution < -0.4 is 5.32 Å². The third-order valence-corrected chi connectivity index (χ3v) is 2.88. The highest BCUT2D eigenvalue weighted by molar-refractivity contribution is 6.31. The van der Waals surface area contributed by atoms with Crippen LogP contribution in [-0.4, -0.2) is 17.2 Å². The molecule has 2 aromatic rings. The summed E-state index contributed by atoms with van der Waals surface area (Å²) in [5, 5.41) is 5.45. The van der Waals surface area contributed by atoms with E-state index in [2.05, 4.69) is 42.1 Å². The molecule has 16 heavy (non-hydrogen) atoms. The van der Waals surface area contributed by atoms with Gasteiger partial charge in [0.15, 0.2) is 0 Å². The quantitative estimate of drug-likeness (QED) is 0.862. The summed E-state index contributed by atoms with van der Waals surface area (Å²) in [4.78, 5) is 0. The Morgan fingerprint density at radius 3 is 2.88 bits per heavy atom. The molecule has 0 saturated carbocycles. The van der Waals surface area contributed by atoms with Crippen molar-refractivity contribution >= 4 is 22.5 Å². The van der Waals surface area contributed by atoms with Crippen molar-refractivity contribution in [2.24, 2.45) is 0 Å². The first-order valence-corrected chi connectivity index (χ1v) is 6.02. The molecule has 3 heteroatoms. The standard InChI is InChI=1S/C13H17ClN2/c1-10(2)15-6-8-16-7-5-11-3-4-12(14)9-13(11)16/h3-5,7,9-10,15H,6,8H2,1-2H3. The highest BCUT2D eigenvalue weighted by Crippen LogP contribution is 2.20. The second-order valence-corrected chi connectivity index (χ2v) is 4.76. The molecular formula is C13H17ClN2. The van der Waals surface area contributed by atoms with Crippen LogP contribution in [0.2, 0.25) is 5.02 Å². The van der Waals surface area contributed by atoms with Crippen LogP contribution in [-0.2, 0) is 6.54 Å². The van der Waals surface area contributed by atoms with E-state index in [1.165, 1.54) is 10.9 Å².